The second-order valence-corrected chi connectivity index (χ2v) is 6.84. The first-order chi connectivity index (χ1) is 13.0. The van der Waals surface area contributed by atoms with Crippen molar-refractivity contribution in [1.82, 2.24) is 19.7 Å². The highest BCUT2D eigenvalue weighted by Gasteiger charge is 2.13. The molecular weight excluding hydrogens is 336 g/mol. The predicted molar refractivity (Wildman–Crippen MR) is 110 cm³/mol. The molecule has 0 fully saturated rings. The summed E-state index contributed by atoms with van der Waals surface area (Å²) >= 11 is 0. The highest BCUT2D eigenvalue weighted by molar-refractivity contribution is 5.90. The quantitative estimate of drug-likeness (QED) is 0.550. The molecule has 2 N–H and O–H groups in total. The lowest BCUT2D eigenvalue weighted by Crippen LogP contribution is -2.04. The van der Waals surface area contributed by atoms with Crippen molar-refractivity contribution >= 4 is 34.2 Å². The van der Waals surface area contributed by atoms with Crippen LogP contribution in [0.3, 0.4) is 0 Å². The van der Waals surface area contributed by atoms with Gasteiger partial charge in [0.1, 0.15) is 5.82 Å². The molecule has 0 spiro atoms. The molecule has 2 heterocycles. The number of anilines is 4. The third-order valence-corrected chi connectivity index (χ3v) is 4.50. The minimum Gasteiger partial charge on any atom is -0.339 e. The first-order valence-electron chi connectivity index (χ1n) is 8.87. The van der Waals surface area contributed by atoms with Gasteiger partial charge in [-0.25, -0.2) is 0 Å². The van der Waals surface area contributed by atoms with E-state index in [0.29, 0.717) is 5.95 Å². The van der Waals surface area contributed by atoms with Crippen LogP contribution in [0.15, 0.2) is 48.7 Å². The molecule has 2 aromatic heterocycles. The van der Waals surface area contributed by atoms with Gasteiger partial charge in [0, 0.05) is 18.4 Å². The number of rotatable bonds is 4. The van der Waals surface area contributed by atoms with E-state index in [1.807, 2.05) is 19.2 Å². The van der Waals surface area contributed by atoms with Crippen LogP contribution in [-0.4, -0.2) is 19.7 Å². The molecule has 2 aromatic carbocycles. The molecule has 0 radical (unpaired) electrons. The van der Waals surface area contributed by atoms with E-state index in [1.165, 1.54) is 16.7 Å². The lowest BCUT2D eigenvalue weighted by molar-refractivity contribution is 0.786. The fourth-order valence-electron chi connectivity index (χ4n) is 3.11. The SMILES string of the molecule is Cc1cccc(Nc2nc(Nc3ccc(C)cc3C)c3cnn(C)c3n2)c1. The maximum absolute atomic E-state index is 4.71. The molecule has 4 aromatic rings. The Morgan fingerprint density at radius 2 is 1.70 bits per heavy atom. The van der Waals surface area contributed by atoms with E-state index in [2.05, 4.69) is 71.8 Å². The normalized spacial score (nSPS) is 11.0. The molecule has 0 aliphatic heterocycles. The summed E-state index contributed by atoms with van der Waals surface area (Å²) in [5, 5.41) is 12.0. The van der Waals surface area contributed by atoms with Gasteiger partial charge in [0.25, 0.3) is 0 Å². The van der Waals surface area contributed by atoms with Crippen LogP contribution in [0, 0.1) is 20.8 Å². The minimum absolute atomic E-state index is 0.531. The molecule has 0 saturated carbocycles. The van der Waals surface area contributed by atoms with Crippen LogP contribution >= 0.6 is 0 Å². The Balaban J connectivity index is 1.77. The highest BCUT2D eigenvalue weighted by atomic mass is 15.3. The summed E-state index contributed by atoms with van der Waals surface area (Å²) in [4.78, 5) is 9.35. The summed E-state index contributed by atoms with van der Waals surface area (Å²) in [6.45, 7) is 6.23. The first-order valence-corrected chi connectivity index (χ1v) is 8.87. The van der Waals surface area contributed by atoms with Crippen LogP contribution in [0.5, 0.6) is 0 Å². The average molecular weight is 358 g/mol. The van der Waals surface area contributed by atoms with Crippen LogP contribution in [-0.2, 0) is 7.05 Å². The zero-order valence-electron chi connectivity index (χ0n) is 15.9. The molecule has 0 unspecified atom stereocenters. The fourth-order valence-corrected chi connectivity index (χ4v) is 3.11. The molecular formula is C21H22N6. The Morgan fingerprint density at radius 3 is 2.48 bits per heavy atom. The molecule has 0 atom stereocenters. The molecule has 27 heavy (non-hydrogen) atoms. The summed E-state index contributed by atoms with van der Waals surface area (Å²) in [6, 6.07) is 14.4. The van der Waals surface area contributed by atoms with Gasteiger partial charge in [-0.15, -0.1) is 0 Å². The van der Waals surface area contributed by atoms with E-state index >= 15 is 0 Å². The molecule has 0 aliphatic rings. The van der Waals surface area contributed by atoms with Gasteiger partial charge in [-0.3, -0.25) is 4.68 Å². The molecule has 6 nitrogen and oxygen atoms in total. The number of nitrogens with zero attached hydrogens (tertiary/aromatic N) is 4. The van der Waals surface area contributed by atoms with Crippen LogP contribution in [0.2, 0.25) is 0 Å². The lowest BCUT2D eigenvalue weighted by Gasteiger charge is -2.12. The number of aromatic nitrogens is 4. The average Bonchev–Trinajstić information content (AvgIpc) is 2.99. The smallest absolute Gasteiger partial charge is 0.231 e. The number of fused-ring (bicyclic) bond motifs is 1. The van der Waals surface area contributed by atoms with Crippen LogP contribution in [0.1, 0.15) is 16.7 Å². The van der Waals surface area contributed by atoms with Gasteiger partial charge in [-0.05, 0) is 50.1 Å². The monoisotopic (exact) mass is 358 g/mol. The molecule has 6 heteroatoms. The van der Waals surface area contributed by atoms with Gasteiger partial charge in [0.15, 0.2) is 5.65 Å². The molecule has 4 rings (SSSR count). The number of aryl methyl sites for hydroxylation is 4. The molecule has 136 valence electrons. The fraction of sp³-hybridized carbons (Fsp3) is 0.190. The Bertz CT molecular complexity index is 1130. The number of hydrogen-bond acceptors (Lipinski definition) is 5. The van der Waals surface area contributed by atoms with E-state index < -0.39 is 0 Å². The van der Waals surface area contributed by atoms with E-state index in [-0.39, 0.29) is 0 Å². The van der Waals surface area contributed by atoms with Gasteiger partial charge in [0.2, 0.25) is 5.95 Å². The van der Waals surface area contributed by atoms with E-state index in [1.54, 1.807) is 10.9 Å². The second-order valence-electron chi connectivity index (χ2n) is 6.84. The zero-order valence-corrected chi connectivity index (χ0v) is 15.9. The van der Waals surface area contributed by atoms with Gasteiger partial charge < -0.3 is 10.6 Å². The Hall–Kier alpha value is -3.41. The maximum Gasteiger partial charge on any atom is 0.231 e. The topological polar surface area (TPSA) is 67.7 Å². The third-order valence-electron chi connectivity index (χ3n) is 4.50. The van der Waals surface area contributed by atoms with Crippen LogP contribution in [0.25, 0.3) is 11.0 Å². The largest absolute Gasteiger partial charge is 0.339 e. The number of hydrogen-bond donors (Lipinski definition) is 2. The molecule has 0 aliphatic carbocycles. The van der Waals surface area contributed by atoms with Crippen LogP contribution < -0.4 is 10.6 Å². The molecule has 0 amide bonds. The minimum atomic E-state index is 0.531. The molecule has 0 bridgehead atoms. The van der Waals surface area contributed by atoms with Crippen LogP contribution in [0.4, 0.5) is 23.1 Å². The standard InChI is InChI=1S/C21H22N6/c1-13-6-5-7-16(11-13)23-21-25-19(17-12-22-27(4)20(17)26-21)24-18-9-8-14(2)10-15(18)3/h5-12H,1-4H3,(H2,23,24,25,26). The summed E-state index contributed by atoms with van der Waals surface area (Å²) < 4.78 is 1.76. The van der Waals surface area contributed by atoms with Crippen molar-refractivity contribution in [2.75, 3.05) is 10.6 Å². The van der Waals surface area contributed by atoms with Gasteiger partial charge in [0.05, 0.1) is 11.6 Å². The summed E-state index contributed by atoms with van der Waals surface area (Å²) in [5.74, 6) is 1.26. The van der Waals surface area contributed by atoms with Crippen molar-refractivity contribution in [3.63, 3.8) is 0 Å². The van der Waals surface area contributed by atoms with Gasteiger partial charge in [-0.2, -0.15) is 15.1 Å². The highest BCUT2D eigenvalue weighted by Crippen LogP contribution is 2.28. The van der Waals surface area contributed by atoms with E-state index in [4.69, 9.17) is 4.98 Å². The lowest BCUT2D eigenvalue weighted by atomic mass is 10.1. The maximum atomic E-state index is 4.71. The Kier molecular flexibility index (Phi) is 4.24. The van der Waals surface area contributed by atoms with E-state index in [0.717, 1.165) is 28.2 Å². The van der Waals surface area contributed by atoms with Crippen molar-refractivity contribution in [2.24, 2.45) is 7.05 Å². The summed E-state index contributed by atoms with van der Waals surface area (Å²) in [6.07, 6.45) is 1.79. The van der Waals surface area contributed by atoms with Crippen molar-refractivity contribution in [3.05, 3.63) is 65.4 Å². The first kappa shape index (κ1) is 17.0. The molecule has 0 saturated heterocycles. The number of benzene rings is 2. The van der Waals surface area contributed by atoms with Crippen molar-refractivity contribution in [3.8, 4) is 0 Å². The number of nitrogens with one attached hydrogen (secondary N) is 2. The van der Waals surface area contributed by atoms with E-state index in [9.17, 15) is 0 Å². The van der Waals surface area contributed by atoms with Crippen molar-refractivity contribution in [1.29, 1.82) is 0 Å². The third kappa shape index (κ3) is 3.46. The van der Waals surface area contributed by atoms with Crippen molar-refractivity contribution in [2.45, 2.75) is 20.8 Å². The Labute approximate surface area is 158 Å². The van der Waals surface area contributed by atoms with Gasteiger partial charge >= 0.3 is 0 Å². The predicted octanol–water partition coefficient (Wildman–Crippen LogP) is 4.78. The van der Waals surface area contributed by atoms with Crippen molar-refractivity contribution < 1.29 is 0 Å². The zero-order chi connectivity index (χ0) is 19.0. The Morgan fingerprint density at radius 1 is 0.889 bits per heavy atom. The summed E-state index contributed by atoms with van der Waals surface area (Å²) in [5.41, 5.74) is 6.32. The second kappa shape index (κ2) is 6.72. The van der Waals surface area contributed by atoms with Gasteiger partial charge in [-0.1, -0.05) is 29.8 Å². The summed E-state index contributed by atoms with van der Waals surface area (Å²) in [7, 11) is 1.88.